The van der Waals surface area contributed by atoms with Crippen LogP contribution in [0, 0.1) is 10.1 Å². The monoisotopic (exact) mass is 478 g/mol. The van der Waals surface area contributed by atoms with Crippen molar-refractivity contribution in [2.75, 3.05) is 26.8 Å². The van der Waals surface area contributed by atoms with Crippen LogP contribution in [-0.2, 0) is 19.6 Å². The minimum atomic E-state index is -3.97. The van der Waals surface area contributed by atoms with Gasteiger partial charge in [-0.3, -0.25) is 19.7 Å². The van der Waals surface area contributed by atoms with Gasteiger partial charge in [-0.25, -0.2) is 13.1 Å². The van der Waals surface area contributed by atoms with Gasteiger partial charge in [-0.2, -0.15) is 0 Å². The zero-order valence-corrected chi connectivity index (χ0v) is 18.3. The lowest BCUT2D eigenvalue weighted by Crippen LogP contribution is -2.34. The molecule has 0 unspecified atom stereocenters. The number of sulfonamides is 1. The summed E-state index contributed by atoms with van der Waals surface area (Å²) in [5, 5.41) is 13.3. The molecule has 0 fully saturated rings. The summed E-state index contributed by atoms with van der Waals surface area (Å²) in [5.41, 5.74) is 5.30. The second-order valence-corrected chi connectivity index (χ2v) is 8.21. The summed E-state index contributed by atoms with van der Waals surface area (Å²) in [4.78, 5) is 32.7. The van der Waals surface area contributed by atoms with Gasteiger partial charge in [0, 0.05) is 31.3 Å². The minimum Gasteiger partial charge on any atom is -0.493 e. The van der Waals surface area contributed by atoms with Gasteiger partial charge in [0.25, 0.3) is 11.6 Å². The third kappa shape index (κ3) is 7.90. The number of primary amides is 1. The number of ether oxygens (including phenoxy) is 2. The van der Waals surface area contributed by atoms with Crippen LogP contribution in [0.5, 0.6) is 11.5 Å². The van der Waals surface area contributed by atoms with E-state index in [-0.39, 0.29) is 30.3 Å². The molecular weight excluding hydrogens is 456 g/mol. The predicted molar refractivity (Wildman–Crippen MR) is 118 cm³/mol. The Hall–Kier alpha value is -3.97. The van der Waals surface area contributed by atoms with Gasteiger partial charge in [-0.05, 0) is 29.8 Å². The fourth-order valence-corrected chi connectivity index (χ4v) is 3.58. The van der Waals surface area contributed by atoms with E-state index in [2.05, 4.69) is 10.0 Å². The zero-order chi connectivity index (χ0) is 24.4. The standard InChI is InChI=1S/C20H22N4O8S/c1-31-18-11-14(5-7-17(18)32-13-19(21)25)6-8-20(26)22-9-10-23-33(29,30)16-4-2-3-15(12-16)24(27)28/h2-8,11-12,23H,9-10,13H2,1H3,(H2,21,25)(H,22,26)/b8-6+. The van der Waals surface area contributed by atoms with Gasteiger partial charge in [-0.1, -0.05) is 12.1 Å². The SMILES string of the molecule is COc1cc(/C=C/C(=O)NCCNS(=O)(=O)c2cccc([N+](=O)[O-])c2)ccc1OCC(N)=O. The van der Waals surface area contributed by atoms with Gasteiger partial charge < -0.3 is 20.5 Å². The van der Waals surface area contributed by atoms with E-state index in [1.54, 1.807) is 18.2 Å². The highest BCUT2D eigenvalue weighted by Gasteiger charge is 2.17. The molecular formula is C20H22N4O8S. The molecule has 0 aliphatic carbocycles. The number of nitrogens with one attached hydrogen (secondary N) is 2. The Kier molecular flexibility index (Phi) is 8.89. The summed E-state index contributed by atoms with van der Waals surface area (Å²) >= 11 is 0. The van der Waals surface area contributed by atoms with Crippen LogP contribution in [0.4, 0.5) is 5.69 Å². The van der Waals surface area contributed by atoms with E-state index < -0.39 is 26.8 Å². The molecule has 2 aromatic rings. The Morgan fingerprint density at radius 3 is 2.58 bits per heavy atom. The number of nitro benzene ring substituents is 1. The van der Waals surface area contributed by atoms with E-state index in [0.29, 0.717) is 17.1 Å². The summed E-state index contributed by atoms with van der Waals surface area (Å²) in [6, 6.07) is 9.41. The van der Waals surface area contributed by atoms with Crippen molar-refractivity contribution in [2.24, 2.45) is 5.73 Å². The molecule has 0 saturated carbocycles. The van der Waals surface area contributed by atoms with E-state index in [0.717, 1.165) is 6.07 Å². The maximum Gasteiger partial charge on any atom is 0.270 e. The van der Waals surface area contributed by atoms with Crippen LogP contribution < -0.4 is 25.2 Å². The number of carbonyl (C=O) groups is 2. The largest absolute Gasteiger partial charge is 0.493 e. The van der Waals surface area contributed by atoms with Crippen molar-refractivity contribution in [3.63, 3.8) is 0 Å². The minimum absolute atomic E-state index is 0.0133. The molecule has 0 saturated heterocycles. The van der Waals surface area contributed by atoms with E-state index >= 15 is 0 Å². The second-order valence-electron chi connectivity index (χ2n) is 6.44. The molecule has 13 heteroatoms. The summed E-state index contributed by atoms with van der Waals surface area (Å²) in [7, 11) is -2.55. The Morgan fingerprint density at radius 1 is 1.15 bits per heavy atom. The third-order valence-electron chi connectivity index (χ3n) is 4.04. The summed E-state index contributed by atoms with van der Waals surface area (Å²) in [6.07, 6.45) is 2.75. The van der Waals surface area contributed by atoms with Crippen LogP contribution >= 0.6 is 0 Å². The average Bonchev–Trinajstić information content (AvgIpc) is 2.79. The first-order valence-electron chi connectivity index (χ1n) is 9.41. The lowest BCUT2D eigenvalue weighted by molar-refractivity contribution is -0.385. The Balaban J connectivity index is 1.87. The summed E-state index contributed by atoms with van der Waals surface area (Å²) < 4.78 is 37.1. The maximum absolute atomic E-state index is 12.2. The normalized spacial score (nSPS) is 11.2. The molecule has 12 nitrogen and oxygen atoms in total. The molecule has 2 rings (SSSR count). The number of hydrogen-bond donors (Lipinski definition) is 3. The molecule has 176 valence electrons. The number of non-ortho nitro benzene ring substituents is 1. The average molecular weight is 478 g/mol. The zero-order valence-electron chi connectivity index (χ0n) is 17.5. The number of nitrogens with two attached hydrogens (primary N) is 1. The molecule has 4 N–H and O–H groups in total. The first-order valence-corrected chi connectivity index (χ1v) is 10.9. The molecule has 0 atom stereocenters. The topological polar surface area (TPSA) is 180 Å². The van der Waals surface area contributed by atoms with Gasteiger partial charge in [0.1, 0.15) is 0 Å². The smallest absolute Gasteiger partial charge is 0.270 e. The molecule has 2 aromatic carbocycles. The molecule has 0 bridgehead atoms. The highest BCUT2D eigenvalue weighted by Crippen LogP contribution is 2.28. The van der Waals surface area contributed by atoms with Crippen LogP contribution in [0.2, 0.25) is 0 Å². The van der Waals surface area contributed by atoms with Crippen LogP contribution in [-0.4, -0.2) is 52.0 Å². The van der Waals surface area contributed by atoms with Crippen molar-refractivity contribution in [1.29, 1.82) is 0 Å². The Labute approximate surface area is 189 Å². The molecule has 0 heterocycles. The molecule has 0 aromatic heterocycles. The van der Waals surface area contributed by atoms with Gasteiger partial charge >= 0.3 is 0 Å². The molecule has 0 spiro atoms. The maximum atomic E-state index is 12.2. The van der Waals surface area contributed by atoms with Crippen molar-refractivity contribution >= 4 is 33.6 Å². The molecule has 2 amide bonds. The van der Waals surface area contributed by atoms with Crippen molar-refractivity contribution in [3.05, 3.63) is 64.2 Å². The van der Waals surface area contributed by atoms with Gasteiger partial charge in [0.15, 0.2) is 18.1 Å². The highest BCUT2D eigenvalue weighted by atomic mass is 32.2. The molecule has 33 heavy (non-hydrogen) atoms. The number of rotatable bonds is 12. The van der Waals surface area contributed by atoms with E-state index in [1.807, 2.05) is 0 Å². The fourth-order valence-electron chi connectivity index (χ4n) is 2.51. The number of amides is 2. The van der Waals surface area contributed by atoms with Crippen molar-refractivity contribution in [2.45, 2.75) is 4.90 Å². The number of benzene rings is 2. The highest BCUT2D eigenvalue weighted by molar-refractivity contribution is 7.89. The molecule has 0 aliphatic rings. The lowest BCUT2D eigenvalue weighted by Gasteiger charge is -2.10. The Morgan fingerprint density at radius 2 is 1.91 bits per heavy atom. The first-order chi connectivity index (χ1) is 15.6. The van der Waals surface area contributed by atoms with Gasteiger partial charge in [0.2, 0.25) is 15.9 Å². The number of carbonyl (C=O) groups excluding carboxylic acids is 2. The third-order valence-corrected chi connectivity index (χ3v) is 5.50. The van der Waals surface area contributed by atoms with Crippen LogP contribution in [0.1, 0.15) is 5.56 Å². The number of nitrogens with zero attached hydrogens (tertiary/aromatic N) is 1. The van der Waals surface area contributed by atoms with Crippen molar-refractivity contribution < 1.29 is 32.4 Å². The van der Waals surface area contributed by atoms with Gasteiger partial charge in [0.05, 0.1) is 16.9 Å². The Bertz CT molecular complexity index is 1160. The number of methoxy groups -OCH3 is 1. The first kappa shape index (κ1) is 25.3. The second kappa shape index (κ2) is 11.6. The fraction of sp³-hybridized carbons (Fsp3) is 0.200. The lowest BCUT2D eigenvalue weighted by atomic mass is 10.2. The quantitative estimate of drug-likeness (QED) is 0.171. The predicted octanol–water partition coefficient (Wildman–Crippen LogP) is 0.575. The summed E-state index contributed by atoms with van der Waals surface area (Å²) in [6.45, 7) is -0.441. The van der Waals surface area contributed by atoms with Crippen molar-refractivity contribution in [1.82, 2.24) is 10.0 Å². The molecule has 0 radical (unpaired) electrons. The van der Waals surface area contributed by atoms with Crippen LogP contribution in [0.3, 0.4) is 0 Å². The molecule has 0 aliphatic heterocycles. The van der Waals surface area contributed by atoms with Gasteiger partial charge in [-0.15, -0.1) is 0 Å². The van der Waals surface area contributed by atoms with Crippen molar-refractivity contribution in [3.8, 4) is 11.5 Å². The van der Waals surface area contributed by atoms with E-state index in [9.17, 15) is 28.1 Å². The van der Waals surface area contributed by atoms with E-state index in [1.165, 1.54) is 37.5 Å². The number of hydrogen-bond acceptors (Lipinski definition) is 8. The number of nitro groups is 1. The van der Waals surface area contributed by atoms with E-state index in [4.69, 9.17) is 15.2 Å². The summed E-state index contributed by atoms with van der Waals surface area (Å²) in [5.74, 6) is -0.453. The van der Waals surface area contributed by atoms with Crippen LogP contribution in [0.15, 0.2) is 53.4 Å². The van der Waals surface area contributed by atoms with Crippen LogP contribution in [0.25, 0.3) is 6.08 Å².